The van der Waals surface area contributed by atoms with Gasteiger partial charge in [-0.2, -0.15) is 0 Å². The van der Waals surface area contributed by atoms with E-state index in [4.69, 9.17) is 0 Å². The van der Waals surface area contributed by atoms with Crippen LogP contribution < -0.4 is 5.32 Å². The molecule has 2 atom stereocenters. The van der Waals surface area contributed by atoms with Crippen molar-refractivity contribution in [1.29, 1.82) is 0 Å². The summed E-state index contributed by atoms with van der Waals surface area (Å²) in [7, 11) is 0. The summed E-state index contributed by atoms with van der Waals surface area (Å²) in [6, 6.07) is 10.5. The molecule has 2 aromatic heterocycles. The van der Waals surface area contributed by atoms with E-state index in [-0.39, 0.29) is 5.91 Å². The van der Waals surface area contributed by atoms with Crippen LogP contribution in [0.4, 0.5) is 0 Å². The van der Waals surface area contributed by atoms with E-state index in [2.05, 4.69) is 31.8 Å². The molecule has 1 N–H and O–H groups in total. The number of thiophene rings is 1. The van der Waals surface area contributed by atoms with E-state index >= 15 is 0 Å². The molecule has 30 heavy (non-hydrogen) atoms. The highest BCUT2D eigenvalue weighted by molar-refractivity contribution is 7.13. The molecule has 8 heteroatoms. The molecular weight excluding hydrogens is 396 g/mol. The van der Waals surface area contributed by atoms with Gasteiger partial charge in [0.1, 0.15) is 6.33 Å². The Kier molecular flexibility index (Phi) is 5.59. The lowest BCUT2D eigenvalue weighted by Gasteiger charge is -2.44. The number of rotatable bonds is 5. The monoisotopic (exact) mass is 422 g/mol. The van der Waals surface area contributed by atoms with Gasteiger partial charge in [-0.15, -0.1) is 16.4 Å². The number of fused-ring (bicyclic) bond motifs is 1. The van der Waals surface area contributed by atoms with Crippen molar-refractivity contribution in [3.63, 3.8) is 0 Å². The maximum absolute atomic E-state index is 13.1. The number of nitrogens with zero attached hydrogens (tertiary/aromatic N) is 5. The third-order valence-electron chi connectivity index (χ3n) is 6.35. The minimum Gasteiger partial charge on any atom is -0.352 e. The summed E-state index contributed by atoms with van der Waals surface area (Å²) in [5.41, 5.74) is 2.43. The van der Waals surface area contributed by atoms with Crippen LogP contribution in [0, 0.1) is 5.92 Å². The van der Waals surface area contributed by atoms with Crippen LogP contribution in [0.1, 0.15) is 42.5 Å². The lowest BCUT2D eigenvalue weighted by Crippen LogP contribution is -2.51. The number of nitrogens with one attached hydrogen (secondary N) is 1. The number of piperidine rings is 2. The van der Waals surface area contributed by atoms with Crippen LogP contribution in [-0.4, -0.2) is 56.7 Å². The van der Waals surface area contributed by atoms with Gasteiger partial charge in [0.05, 0.1) is 5.69 Å². The van der Waals surface area contributed by atoms with Crippen LogP contribution in [0.5, 0.6) is 0 Å². The number of carbonyl (C=O) groups is 1. The topological polar surface area (TPSA) is 75.9 Å². The molecule has 2 fully saturated rings. The summed E-state index contributed by atoms with van der Waals surface area (Å²) >= 11 is 1.65. The van der Waals surface area contributed by atoms with E-state index in [0.29, 0.717) is 17.5 Å². The summed E-state index contributed by atoms with van der Waals surface area (Å²) in [6.07, 6.45) is 7.86. The Bertz CT molecular complexity index is 933. The Morgan fingerprint density at radius 3 is 2.93 bits per heavy atom. The van der Waals surface area contributed by atoms with Gasteiger partial charge in [0.25, 0.3) is 5.91 Å². The van der Waals surface area contributed by atoms with Crippen molar-refractivity contribution in [2.75, 3.05) is 19.6 Å². The van der Waals surface area contributed by atoms with Gasteiger partial charge >= 0.3 is 0 Å². The second-order valence-electron chi connectivity index (χ2n) is 8.21. The van der Waals surface area contributed by atoms with Crippen molar-refractivity contribution in [1.82, 2.24) is 30.4 Å². The van der Waals surface area contributed by atoms with Crippen molar-refractivity contribution in [2.45, 2.75) is 38.1 Å². The number of hydrogen-bond donors (Lipinski definition) is 1. The van der Waals surface area contributed by atoms with E-state index in [1.807, 2.05) is 29.6 Å². The van der Waals surface area contributed by atoms with Gasteiger partial charge in [-0.1, -0.05) is 12.5 Å². The van der Waals surface area contributed by atoms with E-state index < -0.39 is 0 Å². The van der Waals surface area contributed by atoms with E-state index in [1.165, 1.54) is 45.2 Å². The minimum atomic E-state index is -0.0318. The molecule has 4 heterocycles. The zero-order chi connectivity index (χ0) is 20.3. The summed E-state index contributed by atoms with van der Waals surface area (Å²) in [4.78, 5) is 16.9. The van der Waals surface area contributed by atoms with Gasteiger partial charge in [0.15, 0.2) is 0 Å². The molecule has 7 nitrogen and oxygen atoms in total. The average Bonchev–Trinajstić information content (AvgIpc) is 3.52. The Morgan fingerprint density at radius 1 is 1.17 bits per heavy atom. The van der Waals surface area contributed by atoms with Crippen LogP contribution in [-0.2, 0) is 0 Å². The standard InChI is InChI=1S/C22H26N6OS/c29-22(23-14-16-5-3-9-27-8-2-1-6-20(16)27)18-11-17(21-7-4-10-30-21)12-19(13-18)28-15-24-25-26-28/h4,7,10-13,15-16,20H,1-3,5-6,8-9,14H2,(H,23,29)/t16-,20+/m0/s1. The van der Waals surface area contributed by atoms with Gasteiger partial charge in [-0.25, -0.2) is 4.68 Å². The Labute approximate surface area is 180 Å². The molecule has 0 unspecified atom stereocenters. The molecule has 0 spiro atoms. The van der Waals surface area contributed by atoms with Crippen molar-refractivity contribution >= 4 is 17.2 Å². The molecule has 0 saturated carbocycles. The van der Waals surface area contributed by atoms with E-state index in [0.717, 1.165) is 22.7 Å². The maximum atomic E-state index is 13.1. The second kappa shape index (κ2) is 8.65. The fourth-order valence-electron chi connectivity index (χ4n) is 4.88. The summed E-state index contributed by atoms with van der Waals surface area (Å²) in [5, 5.41) is 16.7. The van der Waals surface area contributed by atoms with Gasteiger partial charge in [0.2, 0.25) is 0 Å². The maximum Gasteiger partial charge on any atom is 0.251 e. The predicted octanol–water partition coefficient (Wildman–Crippen LogP) is 3.39. The first-order chi connectivity index (χ1) is 14.8. The molecule has 156 valence electrons. The zero-order valence-corrected chi connectivity index (χ0v) is 17.7. The van der Waals surface area contributed by atoms with Crippen molar-refractivity contribution < 1.29 is 4.79 Å². The number of tetrazole rings is 1. The number of benzene rings is 1. The molecule has 0 radical (unpaired) electrons. The first kappa shape index (κ1) is 19.4. The van der Waals surface area contributed by atoms with Crippen molar-refractivity contribution in [3.8, 4) is 16.1 Å². The molecule has 0 bridgehead atoms. The van der Waals surface area contributed by atoms with Crippen LogP contribution in [0.3, 0.4) is 0 Å². The first-order valence-electron chi connectivity index (χ1n) is 10.7. The quantitative estimate of drug-likeness (QED) is 0.682. The Morgan fingerprint density at radius 2 is 2.10 bits per heavy atom. The molecule has 1 amide bonds. The number of aromatic nitrogens is 4. The fraction of sp³-hybridized carbons (Fsp3) is 0.455. The molecule has 1 aromatic carbocycles. The smallest absolute Gasteiger partial charge is 0.251 e. The predicted molar refractivity (Wildman–Crippen MR) is 117 cm³/mol. The van der Waals surface area contributed by atoms with Crippen LogP contribution in [0.15, 0.2) is 42.0 Å². The SMILES string of the molecule is O=C(NC[C@@H]1CCCN2CCCC[C@H]12)c1cc(-c2cccs2)cc(-n2cnnn2)c1. The molecule has 2 aliphatic heterocycles. The largest absolute Gasteiger partial charge is 0.352 e. The lowest BCUT2D eigenvalue weighted by molar-refractivity contribution is 0.0575. The average molecular weight is 423 g/mol. The number of amides is 1. The Balaban J connectivity index is 1.36. The van der Waals surface area contributed by atoms with Crippen LogP contribution in [0.25, 0.3) is 16.1 Å². The molecule has 2 aliphatic rings. The molecule has 2 saturated heterocycles. The summed E-state index contributed by atoms with van der Waals surface area (Å²) in [5.74, 6) is 0.512. The zero-order valence-electron chi connectivity index (χ0n) is 16.9. The highest BCUT2D eigenvalue weighted by Gasteiger charge is 2.33. The Hall–Kier alpha value is -2.58. The fourth-order valence-corrected chi connectivity index (χ4v) is 5.60. The minimum absolute atomic E-state index is 0.0318. The third-order valence-corrected chi connectivity index (χ3v) is 7.27. The molecule has 5 rings (SSSR count). The van der Waals surface area contributed by atoms with Gasteiger partial charge < -0.3 is 10.2 Å². The van der Waals surface area contributed by atoms with Crippen molar-refractivity contribution in [2.24, 2.45) is 5.92 Å². The first-order valence-corrected chi connectivity index (χ1v) is 11.6. The van der Waals surface area contributed by atoms with E-state index in [9.17, 15) is 4.79 Å². The van der Waals surface area contributed by atoms with Crippen molar-refractivity contribution in [3.05, 3.63) is 47.6 Å². The summed E-state index contributed by atoms with van der Waals surface area (Å²) in [6.45, 7) is 3.17. The van der Waals surface area contributed by atoms with Crippen LogP contribution in [0.2, 0.25) is 0 Å². The lowest BCUT2D eigenvalue weighted by atomic mass is 9.83. The third kappa shape index (κ3) is 4.02. The van der Waals surface area contributed by atoms with Gasteiger partial charge in [-0.05, 0) is 90.3 Å². The van der Waals surface area contributed by atoms with Gasteiger partial charge in [0, 0.05) is 23.0 Å². The number of hydrogen-bond acceptors (Lipinski definition) is 6. The normalized spacial score (nSPS) is 21.9. The van der Waals surface area contributed by atoms with E-state index in [1.54, 1.807) is 22.3 Å². The second-order valence-corrected chi connectivity index (χ2v) is 9.16. The highest BCUT2D eigenvalue weighted by atomic mass is 32.1. The number of carbonyl (C=O) groups excluding carboxylic acids is 1. The van der Waals surface area contributed by atoms with Gasteiger partial charge in [-0.3, -0.25) is 4.79 Å². The molecular formula is C22H26N6OS. The summed E-state index contributed by atoms with van der Waals surface area (Å²) < 4.78 is 1.59. The molecule has 0 aliphatic carbocycles. The highest BCUT2D eigenvalue weighted by Crippen LogP contribution is 2.31. The van der Waals surface area contributed by atoms with Crippen LogP contribution >= 0.6 is 11.3 Å². The molecule has 3 aromatic rings.